The van der Waals surface area contributed by atoms with Gasteiger partial charge in [0.05, 0.1) is 13.2 Å². The molecule has 90 valence electrons. The Labute approximate surface area is 94.2 Å². The topological polar surface area (TPSA) is 76.0 Å². The number of rotatable bonds is 5. The quantitative estimate of drug-likeness (QED) is 0.613. The van der Waals surface area contributed by atoms with Crippen LogP contribution in [0.25, 0.3) is 0 Å². The molecule has 0 saturated carbocycles. The summed E-state index contributed by atoms with van der Waals surface area (Å²) in [4.78, 5) is 0. The summed E-state index contributed by atoms with van der Waals surface area (Å²) in [6.45, 7) is 3.72. The van der Waals surface area contributed by atoms with E-state index in [1.54, 1.807) is 13.8 Å². The molecular formula is C10H15O5P. The fourth-order valence-electron chi connectivity index (χ4n) is 1.25. The van der Waals surface area contributed by atoms with Gasteiger partial charge in [-0.1, -0.05) is 0 Å². The van der Waals surface area contributed by atoms with E-state index >= 15 is 0 Å². The fraction of sp³-hybridized carbons (Fsp3) is 0.400. The number of phenolic OH excluding ortho intramolecular Hbond substituents is 2. The average molecular weight is 246 g/mol. The Morgan fingerprint density at radius 1 is 1.19 bits per heavy atom. The van der Waals surface area contributed by atoms with Crippen molar-refractivity contribution >= 4 is 12.9 Å². The molecule has 0 radical (unpaired) electrons. The first-order valence-corrected chi connectivity index (χ1v) is 6.49. The van der Waals surface area contributed by atoms with Gasteiger partial charge in [-0.3, -0.25) is 4.57 Å². The number of phenols is 2. The Hall–Kier alpha value is -1.03. The molecule has 1 aromatic rings. The normalized spacial score (nSPS) is 11.6. The number of hydrogen-bond acceptors (Lipinski definition) is 5. The van der Waals surface area contributed by atoms with Gasteiger partial charge in [-0.25, -0.2) is 0 Å². The maximum Gasteiger partial charge on any atom is 0.365 e. The lowest BCUT2D eigenvalue weighted by atomic mass is 10.3. The Bertz CT molecular complexity index is 394. The van der Waals surface area contributed by atoms with Crippen LogP contribution in [0.15, 0.2) is 18.2 Å². The van der Waals surface area contributed by atoms with E-state index in [1.165, 1.54) is 18.2 Å². The maximum absolute atomic E-state index is 12.3. The van der Waals surface area contributed by atoms with Gasteiger partial charge >= 0.3 is 7.60 Å². The summed E-state index contributed by atoms with van der Waals surface area (Å²) in [5.74, 6) is -0.324. The largest absolute Gasteiger partial charge is 0.508 e. The van der Waals surface area contributed by atoms with Crippen molar-refractivity contribution in [2.45, 2.75) is 13.8 Å². The van der Waals surface area contributed by atoms with Crippen molar-refractivity contribution in [3.8, 4) is 11.5 Å². The summed E-state index contributed by atoms with van der Waals surface area (Å²) in [7, 11) is -3.55. The second-order valence-electron chi connectivity index (χ2n) is 3.01. The minimum absolute atomic E-state index is 0.0174. The van der Waals surface area contributed by atoms with E-state index in [0.29, 0.717) is 0 Å². The summed E-state index contributed by atoms with van der Waals surface area (Å²) in [5, 5.41) is 18.9. The molecule has 0 atom stereocenters. The molecule has 5 nitrogen and oxygen atoms in total. The van der Waals surface area contributed by atoms with Crippen LogP contribution in [0.3, 0.4) is 0 Å². The van der Waals surface area contributed by atoms with Gasteiger partial charge in [-0.15, -0.1) is 0 Å². The predicted octanol–water partition coefficient (Wildman–Crippen LogP) is 1.99. The highest BCUT2D eigenvalue weighted by molar-refractivity contribution is 7.62. The molecule has 0 bridgehead atoms. The summed E-state index contributed by atoms with van der Waals surface area (Å²) in [6.07, 6.45) is 0. The minimum atomic E-state index is -3.55. The van der Waals surface area contributed by atoms with Gasteiger partial charge in [0.15, 0.2) is 0 Å². The lowest BCUT2D eigenvalue weighted by Gasteiger charge is -2.18. The molecule has 6 heteroatoms. The number of hydrogen-bond donors (Lipinski definition) is 2. The molecule has 16 heavy (non-hydrogen) atoms. The lowest BCUT2D eigenvalue weighted by Crippen LogP contribution is -2.11. The average Bonchev–Trinajstić information content (AvgIpc) is 2.22. The molecule has 0 spiro atoms. The summed E-state index contributed by atoms with van der Waals surface area (Å²) >= 11 is 0. The number of benzene rings is 1. The first-order chi connectivity index (χ1) is 7.53. The van der Waals surface area contributed by atoms with E-state index in [9.17, 15) is 14.8 Å². The highest BCUT2D eigenvalue weighted by Crippen LogP contribution is 2.49. The summed E-state index contributed by atoms with van der Waals surface area (Å²) in [5.41, 5.74) is 0. The van der Waals surface area contributed by atoms with E-state index in [0.717, 1.165) is 0 Å². The van der Waals surface area contributed by atoms with Gasteiger partial charge in [-0.05, 0) is 32.0 Å². The van der Waals surface area contributed by atoms with Gasteiger partial charge in [-0.2, -0.15) is 0 Å². The Balaban J connectivity index is 3.20. The second kappa shape index (κ2) is 5.34. The van der Waals surface area contributed by atoms with Crippen LogP contribution >= 0.6 is 7.60 Å². The zero-order valence-electron chi connectivity index (χ0n) is 9.21. The van der Waals surface area contributed by atoms with Crippen LogP contribution < -0.4 is 5.30 Å². The van der Waals surface area contributed by atoms with Gasteiger partial charge in [0.25, 0.3) is 0 Å². The highest BCUT2D eigenvalue weighted by atomic mass is 31.2. The van der Waals surface area contributed by atoms with Crippen molar-refractivity contribution in [1.82, 2.24) is 0 Å². The molecule has 0 heterocycles. The van der Waals surface area contributed by atoms with Crippen molar-refractivity contribution in [2.24, 2.45) is 0 Å². The highest BCUT2D eigenvalue weighted by Gasteiger charge is 2.30. The van der Waals surface area contributed by atoms with Crippen molar-refractivity contribution in [3.63, 3.8) is 0 Å². The smallest absolute Gasteiger partial charge is 0.365 e. The SMILES string of the molecule is CCOP(=O)(OCC)c1cc(O)ccc1O. The maximum atomic E-state index is 12.3. The van der Waals surface area contributed by atoms with Gasteiger partial charge in [0.1, 0.15) is 16.8 Å². The Morgan fingerprint density at radius 2 is 1.75 bits per heavy atom. The minimum Gasteiger partial charge on any atom is -0.508 e. The van der Waals surface area contributed by atoms with Crippen LogP contribution in [-0.2, 0) is 13.6 Å². The summed E-state index contributed by atoms with van der Waals surface area (Å²) < 4.78 is 22.4. The Kier molecular flexibility index (Phi) is 4.35. The van der Waals surface area contributed by atoms with Crippen LogP contribution in [0.2, 0.25) is 0 Å². The molecule has 1 aromatic carbocycles. The molecule has 2 N–H and O–H groups in total. The van der Waals surface area contributed by atoms with Crippen molar-refractivity contribution in [1.29, 1.82) is 0 Å². The molecule has 0 aliphatic rings. The predicted molar refractivity (Wildman–Crippen MR) is 60.3 cm³/mol. The van der Waals surface area contributed by atoms with Gasteiger partial charge in [0.2, 0.25) is 0 Å². The molecule has 0 amide bonds. The third kappa shape index (κ3) is 2.76. The molecule has 0 saturated heterocycles. The molecule has 0 aliphatic carbocycles. The van der Waals surface area contributed by atoms with E-state index in [1.807, 2.05) is 0 Å². The first kappa shape index (κ1) is 13.0. The molecule has 0 unspecified atom stereocenters. The fourth-order valence-corrected chi connectivity index (χ4v) is 2.93. The van der Waals surface area contributed by atoms with Crippen LogP contribution in [0.5, 0.6) is 11.5 Å². The van der Waals surface area contributed by atoms with Crippen molar-refractivity contribution in [3.05, 3.63) is 18.2 Å². The van der Waals surface area contributed by atoms with Gasteiger partial charge < -0.3 is 19.3 Å². The molecular weight excluding hydrogens is 231 g/mol. The molecule has 0 aromatic heterocycles. The van der Waals surface area contributed by atoms with Crippen LogP contribution in [0.4, 0.5) is 0 Å². The van der Waals surface area contributed by atoms with Crippen molar-refractivity contribution < 1.29 is 23.8 Å². The van der Waals surface area contributed by atoms with Crippen LogP contribution in [0.1, 0.15) is 13.8 Å². The third-order valence-electron chi connectivity index (χ3n) is 1.85. The lowest BCUT2D eigenvalue weighted by molar-refractivity contribution is 0.229. The zero-order valence-corrected chi connectivity index (χ0v) is 10.1. The van der Waals surface area contributed by atoms with E-state index in [2.05, 4.69) is 0 Å². The van der Waals surface area contributed by atoms with E-state index in [4.69, 9.17) is 9.05 Å². The zero-order chi connectivity index (χ0) is 12.2. The summed E-state index contributed by atoms with van der Waals surface area (Å²) in [6, 6.07) is 3.72. The van der Waals surface area contributed by atoms with E-state index in [-0.39, 0.29) is 30.0 Å². The standard InChI is InChI=1S/C10H15O5P/c1-3-14-16(13,15-4-2)10-7-8(11)5-6-9(10)12/h5-7,11-12H,3-4H2,1-2H3. The molecule has 1 rings (SSSR count). The molecule has 0 fully saturated rings. The van der Waals surface area contributed by atoms with Crippen LogP contribution in [-0.4, -0.2) is 23.4 Å². The second-order valence-corrected chi connectivity index (χ2v) is 5.00. The van der Waals surface area contributed by atoms with Crippen LogP contribution in [0, 0.1) is 0 Å². The third-order valence-corrected chi connectivity index (χ3v) is 4.00. The van der Waals surface area contributed by atoms with Crippen molar-refractivity contribution in [2.75, 3.05) is 13.2 Å². The Morgan fingerprint density at radius 3 is 2.25 bits per heavy atom. The first-order valence-electron chi connectivity index (χ1n) is 4.95. The monoisotopic (exact) mass is 246 g/mol. The number of aromatic hydroxyl groups is 2. The van der Waals surface area contributed by atoms with Gasteiger partial charge in [0, 0.05) is 0 Å². The van der Waals surface area contributed by atoms with E-state index < -0.39 is 7.60 Å². The molecule has 0 aliphatic heterocycles.